The lowest BCUT2D eigenvalue weighted by atomic mass is 9.88. The van der Waals surface area contributed by atoms with Crippen LogP contribution in [-0.2, 0) is 0 Å². The quantitative estimate of drug-likeness (QED) is 0.157. The Morgan fingerprint density at radius 1 is 0.605 bits per heavy atom. The first-order chi connectivity index (χ1) is 21.1. The number of aryl methyl sites for hydroxylation is 2. The molecule has 0 N–H and O–H groups in total. The van der Waals surface area contributed by atoms with Gasteiger partial charge in [0, 0.05) is 11.3 Å². The van der Waals surface area contributed by atoms with E-state index >= 15 is 0 Å². The molecule has 8 rings (SSSR count). The molecule has 43 heavy (non-hydrogen) atoms. The fourth-order valence-corrected chi connectivity index (χ4v) is 6.58. The highest BCUT2D eigenvalue weighted by atomic mass is 15.1. The van der Waals surface area contributed by atoms with E-state index < -0.39 is 0 Å². The van der Waals surface area contributed by atoms with Crippen LogP contribution in [0.15, 0.2) is 135 Å². The fourth-order valence-electron chi connectivity index (χ4n) is 6.58. The van der Waals surface area contributed by atoms with Crippen LogP contribution in [0, 0.1) is 13.8 Å². The van der Waals surface area contributed by atoms with Crippen molar-refractivity contribution < 1.29 is 0 Å². The second kappa shape index (κ2) is 10.4. The number of hydrogen-bond donors (Lipinski definition) is 0. The van der Waals surface area contributed by atoms with Gasteiger partial charge in [-0.2, -0.15) is 0 Å². The van der Waals surface area contributed by atoms with Crippen LogP contribution >= 0.6 is 0 Å². The first-order valence-corrected chi connectivity index (χ1v) is 14.6. The zero-order chi connectivity index (χ0) is 29.7. The summed E-state index contributed by atoms with van der Waals surface area (Å²) in [7, 11) is 0. The second-order valence-corrected chi connectivity index (χ2v) is 11.0. The van der Waals surface area contributed by atoms with Gasteiger partial charge in [0.1, 0.15) is 5.82 Å². The Morgan fingerprint density at radius 2 is 1.19 bits per heavy atom. The van der Waals surface area contributed by atoms with Crippen molar-refractivity contribution in [2.45, 2.75) is 13.8 Å². The molecule has 206 valence electrons. The summed E-state index contributed by atoms with van der Waals surface area (Å²) in [5, 5.41) is 10.1. The third-order valence-electron chi connectivity index (χ3n) is 8.52. The zero-order valence-corrected chi connectivity index (χ0v) is 24.6. The fraction of sp³-hybridized carbons (Fsp3) is 0.0488. The van der Waals surface area contributed by atoms with Crippen molar-refractivity contribution in [3.05, 3.63) is 152 Å². The maximum absolute atomic E-state index is 5.10. The molecule has 0 saturated carbocycles. The van der Waals surface area contributed by atoms with Gasteiger partial charge in [0.25, 0.3) is 0 Å². The predicted molar refractivity (Wildman–Crippen MR) is 186 cm³/mol. The molecule has 0 bridgehead atoms. The monoisotopic (exact) mass is 552 g/mol. The maximum atomic E-state index is 5.10. The minimum absolute atomic E-state index is 0.937. The molecule has 8 aromatic rings. The number of benzene rings is 7. The summed E-state index contributed by atoms with van der Waals surface area (Å²) < 4.78 is 2.23. The molecule has 0 atom stereocenters. The molecule has 0 amide bonds. The molecule has 0 spiro atoms. The number of imidazole rings is 1. The third kappa shape index (κ3) is 4.14. The van der Waals surface area contributed by atoms with E-state index in [1.165, 1.54) is 59.8 Å². The van der Waals surface area contributed by atoms with Crippen LogP contribution in [0.3, 0.4) is 0 Å². The van der Waals surface area contributed by atoms with Crippen molar-refractivity contribution in [2.24, 2.45) is 0 Å². The number of rotatable bonds is 4. The molecule has 0 fully saturated rings. The molecule has 0 aliphatic carbocycles. The van der Waals surface area contributed by atoms with Gasteiger partial charge in [0.15, 0.2) is 0 Å². The molecule has 0 radical (unpaired) electrons. The van der Waals surface area contributed by atoms with Crippen molar-refractivity contribution in [1.82, 2.24) is 9.55 Å². The Hall–Kier alpha value is -5.47. The number of aromatic nitrogens is 2. The van der Waals surface area contributed by atoms with Gasteiger partial charge in [-0.15, -0.1) is 13.2 Å². The van der Waals surface area contributed by atoms with Crippen molar-refractivity contribution in [1.29, 1.82) is 0 Å². The van der Waals surface area contributed by atoms with E-state index in [0.717, 1.165) is 28.5 Å². The molecule has 2 heteroatoms. The molecule has 0 aliphatic heterocycles. The minimum atomic E-state index is 0.937. The summed E-state index contributed by atoms with van der Waals surface area (Å²) in [4.78, 5) is 5.10. The van der Waals surface area contributed by atoms with Crippen molar-refractivity contribution in [3.63, 3.8) is 0 Å². The summed E-state index contributed by atoms with van der Waals surface area (Å²) in [5.74, 6) is 0.937. The summed E-state index contributed by atoms with van der Waals surface area (Å²) in [6.07, 6.45) is 1.91. The third-order valence-corrected chi connectivity index (χ3v) is 8.52. The highest BCUT2D eigenvalue weighted by Crippen LogP contribution is 2.43. The van der Waals surface area contributed by atoms with Crippen LogP contribution in [0.4, 0.5) is 0 Å². The molecule has 0 aliphatic rings. The van der Waals surface area contributed by atoms with E-state index in [1.54, 1.807) is 0 Å². The van der Waals surface area contributed by atoms with Crippen LogP contribution in [0.1, 0.15) is 17.0 Å². The van der Waals surface area contributed by atoms with Gasteiger partial charge in [-0.25, -0.2) is 4.98 Å². The molecule has 0 unspecified atom stereocenters. The van der Waals surface area contributed by atoms with Crippen LogP contribution in [-0.4, -0.2) is 9.55 Å². The summed E-state index contributed by atoms with van der Waals surface area (Å²) in [5.41, 5.74) is 7.98. The standard InChI is InChI=1S/C39H28N2.C2H4/c1-4-36-25(3)40-39(41(36)31-8-6-5-7-9-31)35-21-17-27-15-19-33-32(18-14-26-16-20-34(35)38(27)37(26)33)30-13-12-28-22-24(2)10-11-29(28)23-30;1-2/h4-23H,1H2,2-3H3;1-2H2. The van der Waals surface area contributed by atoms with E-state index in [9.17, 15) is 0 Å². The second-order valence-electron chi connectivity index (χ2n) is 11.0. The number of hydrogen-bond acceptors (Lipinski definition) is 1. The molecular weight excluding hydrogens is 520 g/mol. The highest BCUT2D eigenvalue weighted by molar-refractivity contribution is 6.27. The first-order valence-electron chi connectivity index (χ1n) is 14.6. The average Bonchev–Trinajstić information content (AvgIpc) is 3.40. The molecule has 0 saturated heterocycles. The SMILES string of the molecule is C=C.C=Cc1c(C)nc(-c2ccc3ccc4c(-c5ccc6cc(C)ccc6c5)ccc5ccc2c3c54)n1-c1ccccc1. The van der Waals surface area contributed by atoms with Gasteiger partial charge in [-0.3, -0.25) is 4.57 Å². The van der Waals surface area contributed by atoms with E-state index in [2.05, 4.69) is 147 Å². The topological polar surface area (TPSA) is 17.8 Å². The maximum Gasteiger partial charge on any atom is 0.145 e. The van der Waals surface area contributed by atoms with Crippen molar-refractivity contribution in [2.75, 3.05) is 0 Å². The van der Waals surface area contributed by atoms with E-state index in [0.29, 0.717) is 0 Å². The largest absolute Gasteiger partial charge is 0.293 e. The smallest absolute Gasteiger partial charge is 0.145 e. The Morgan fingerprint density at radius 3 is 1.88 bits per heavy atom. The summed E-state index contributed by atoms with van der Waals surface area (Å²) >= 11 is 0. The Labute approximate surface area is 252 Å². The van der Waals surface area contributed by atoms with Gasteiger partial charge >= 0.3 is 0 Å². The molecule has 1 heterocycles. The predicted octanol–water partition coefficient (Wildman–Crippen LogP) is 11.3. The lowest BCUT2D eigenvalue weighted by Crippen LogP contribution is -2.00. The molecule has 2 nitrogen and oxygen atoms in total. The van der Waals surface area contributed by atoms with E-state index in [-0.39, 0.29) is 0 Å². The summed E-state index contributed by atoms with van der Waals surface area (Å²) in [6, 6.07) is 42.1. The Balaban J connectivity index is 0.00000147. The van der Waals surface area contributed by atoms with Gasteiger partial charge in [-0.05, 0) is 98.4 Å². The number of nitrogens with zero attached hydrogens (tertiary/aromatic N) is 2. The lowest BCUT2D eigenvalue weighted by molar-refractivity contribution is 1.06. The number of para-hydroxylation sites is 1. The Bertz CT molecular complexity index is 2300. The number of fused-ring (bicyclic) bond motifs is 1. The van der Waals surface area contributed by atoms with Crippen LogP contribution < -0.4 is 0 Å². The highest BCUT2D eigenvalue weighted by Gasteiger charge is 2.20. The molecular formula is C41H32N2. The van der Waals surface area contributed by atoms with Gasteiger partial charge in [-0.1, -0.05) is 103 Å². The minimum Gasteiger partial charge on any atom is -0.293 e. The van der Waals surface area contributed by atoms with Gasteiger partial charge in [0.05, 0.1) is 11.4 Å². The zero-order valence-electron chi connectivity index (χ0n) is 24.6. The van der Waals surface area contributed by atoms with E-state index in [4.69, 9.17) is 4.98 Å². The molecule has 7 aromatic carbocycles. The average molecular weight is 553 g/mol. The van der Waals surface area contributed by atoms with Crippen LogP contribution in [0.5, 0.6) is 0 Å². The van der Waals surface area contributed by atoms with Crippen molar-refractivity contribution in [3.8, 4) is 28.2 Å². The van der Waals surface area contributed by atoms with E-state index in [1.807, 2.05) is 12.1 Å². The Kier molecular flexibility index (Phi) is 6.40. The van der Waals surface area contributed by atoms with Crippen LogP contribution in [0.25, 0.3) is 77.4 Å². The van der Waals surface area contributed by atoms with Gasteiger partial charge in [0.2, 0.25) is 0 Å². The normalized spacial score (nSPS) is 11.3. The van der Waals surface area contributed by atoms with Gasteiger partial charge < -0.3 is 0 Å². The first kappa shape index (κ1) is 26.4. The van der Waals surface area contributed by atoms with Crippen LogP contribution in [0.2, 0.25) is 0 Å². The summed E-state index contributed by atoms with van der Waals surface area (Å²) in [6.45, 7) is 14.3. The van der Waals surface area contributed by atoms with Crippen molar-refractivity contribution >= 4 is 49.2 Å². The lowest BCUT2D eigenvalue weighted by Gasteiger charge is -2.17. The molecule has 1 aromatic heterocycles.